The topological polar surface area (TPSA) is 122 Å². The SMILES string of the molecule is O=C(Nc1ccc(O)c(-c2cc(C3CC3)n(C(=O)NCc3ccccc3Cl)n2)c1)c1ccno1. The molecule has 0 unspecified atom stereocenters. The number of nitrogens with one attached hydrogen (secondary N) is 2. The molecule has 3 N–H and O–H groups in total. The fraction of sp³-hybridized carbons (Fsp3) is 0.167. The largest absolute Gasteiger partial charge is 0.507 e. The Labute approximate surface area is 199 Å². The van der Waals surface area contributed by atoms with Gasteiger partial charge < -0.3 is 20.3 Å². The van der Waals surface area contributed by atoms with E-state index in [1.54, 1.807) is 24.3 Å². The lowest BCUT2D eigenvalue weighted by Gasteiger charge is -2.09. The molecular formula is C24H20ClN5O4. The zero-order chi connectivity index (χ0) is 23.7. The van der Waals surface area contributed by atoms with Crippen molar-refractivity contribution in [2.75, 3.05) is 5.32 Å². The predicted molar refractivity (Wildman–Crippen MR) is 125 cm³/mol. The molecule has 34 heavy (non-hydrogen) atoms. The van der Waals surface area contributed by atoms with Gasteiger partial charge in [-0.2, -0.15) is 9.78 Å². The van der Waals surface area contributed by atoms with E-state index in [2.05, 4.69) is 20.9 Å². The Morgan fingerprint density at radius 3 is 2.71 bits per heavy atom. The lowest BCUT2D eigenvalue weighted by molar-refractivity contribution is 0.0988. The summed E-state index contributed by atoms with van der Waals surface area (Å²) >= 11 is 6.19. The van der Waals surface area contributed by atoms with E-state index in [0.29, 0.717) is 22.0 Å². The number of amides is 2. The molecule has 2 heterocycles. The molecule has 0 saturated heterocycles. The van der Waals surface area contributed by atoms with Crippen LogP contribution in [0.25, 0.3) is 11.3 Å². The molecule has 4 aromatic rings. The Bertz CT molecular complexity index is 1360. The second-order valence-electron chi connectivity index (χ2n) is 7.95. The molecule has 2 aromatic heterocycles. The highest BCUT2D eigenvalue weighted by Gasteiger charge is 2.31. The van der Waals surface area contributed by atoms with Crippen molar-refractivity contribution in [3.05, 3.63) is 82.8 Å². The van der Waals surface area contributed by atoms with Crippen LogP contribution >= 0.6 is 11.6 Å². The summed E-state index contributed by atoms with van der Waals surface area (Å²) in [6, 6.07) is 14.7. The first-order valence-electron chi connectivity index (χ1n) is 10.7. The van der Waals surface area contributed by atoms with Gasteiger partial charge in [0.1, 0.15) is 5.75 Å². The van der Waals surface area contributed by atoms with E-state index in [1.807, 2.05) is 18.2 Å². The van der Waals surface area contributed by atoms with Gasteiger partial charge in [-0.1, -0.05) is 35.0 Å². The molecule has 0 radical (unpaired) electrons. The number of hydrogen-bond donors (Lipinski definition) is 3. The maximum Gasteiger partial charge on any atom is 0.342 e. The van der Waals surface area contributed by atoms with Gasteiger partial charge in [0.05, 0.1) is 17.6 Å². The molecule has 10 heteroatoms. The quantitative estimate of drug-likeness (QED) is 0.343. The molecule has 1 aliphatic carbocycles. The van der Waals surface area contributed by atoms with Crippen LogP contribution in [0, 0.1) is 0 Å². The summed E-state index contributed by atoms with van der Waals surface area (Å²) in [5.41, 5.74) is 2.80. The number of phenols is 1. The third-order valence-corrected chi connectivity index (χ3v) is 5.87. The van der Waals surface area contributed by atoms with E-state index in [4.69, 9.17) is 16.1 Å². The van der Waals surface area contributed by atoms with Gasteiger partial charge in [0.2, 0.25) is 5.76 Å². The Hall–Kier alpha value is -4.11. The lowest BCUT2D eigenvalue weighted by atomic mass is 10.1. The minimum absolute atomic E-state index is 0.0267. The number of nitrogens with zero attached hydrogens (tertiary/aromatic N) is 3. The summed E-state index contributed by atoms with van der Waals surface area (Å²) in [6.07, 6.45) is 3.30. The van der Waals surface area contributed by atoms with Crippen LogP contribution in [0.1, 0.15) is 40.6 Å². The molecular weight excluding hydrogens is 458 g/mol. The average Bonchev–Trinajstić information content (AvgIpc) is 3.34. The van der Waals surface area contributed by atoms with Gasteiger partial charge in [-0.25, -0.2) is 4.79 Å². The smallest absolute Gasteiger partial charge is 0.342 e. The first kappa shape index (κ1) is 21.7. The molecule has 1 fully saturated rings. The standard InChI is InChI=1S/C24H20ClN5O4/c25-18-4-2-1-3-15(18)13-26-24(33)30-20(14-5-6-14)12-19(29-30)17-11-16(7-8-21(17)31)28-23(32)22-9-10-27-34-22/h1-4,7-12,14,31H,5-6,13H2,(H,26,33)(H,28,32). The summed E-state index contributed by atoms with van der Waals surface area (Å²) < 4.78 is 6.20. The highest BCUT2D eigenvalue weighted by Crippen LogP contribution is 2.42. The maximum absolute atomic E-state index is 13.0. The van der Waals surface area contributed by atoms with Gasteiger partial charge in [0, 0.05) is 34.8 Å². The maximum atomic E-state index is 13.0. The third-order valence-electron chi connectivity index (χ3n) is 5.50. The summed E-state index contributed by atoms with van der Waals surface area (Å²) in [4.78, 5) is 25.2. The number of aromatic nitrogens is 3. The molecule has 2 amide bonds. The van der Waals surface area contributed by atoms with E-state index >= 15 is 0 Å². The highest BCUT2D eigenvalue weighted by molar-refractivity contribution is 6.31. The van der Waals surface area contributed by atoms with Crippen LogP contribution in [0.15, 0.2) is 65.3 Å². The number of hydrogen-bond acceptors (Lipinski definition) is 6. The van der Waals surface area contributed by atoms with Crippen molar-refractivity contribution >= 4 is 29.2 Å². The summed E-state index contributed by atoms with van der Waals surface area (Å²) in [7, 11) is 0. The number of phenolic OH excluding ortho intramolecular Hbond substituents is 1. The zero-order valence-electron chi connectivity index (χ0n) is 17.9. The minimum Gasteiger partial charge on any atom is -0.507 e. The molecule has 1 saturated carbocycles. The molecule has 1 aliphatic rings. The van der Waals surface area contributed by atoms with Gasteiger partial charge in [0.25, 0.3) is 5.91 Å². The molecule has 172 valence electrons. The number of benzene rings is 2. The Morgan fingerprint density at radius 1 is 1.15 bits per heavy atom. The van der Waals surface area contributed by atoms with E-state index in [-0.39, 0.29) is 30.0 Å². The van der Waals surface area contributed by atoms with Crippen LogP contribution in [-0.2, 0) is 6.54 Å². The van der Waals surface area contributed by atoms with Crippen molar-refractivity contribution in [2.45, 2.75) is 25.3 Å². The summed E-state index contributed by atoms with van der Waals surface area (Å²) in [5.74, 6) is -0.215. The minimum atomic E-state index is -0.475. The van der Waals surface area contributed by atoms with Crippen LogP contribution in [0.3, 0.4) is 0 Å². The van der Waals surface area contributed by atoms with Gasteiger partial charge in [0.15, 0.2) is 0 Å². The number of halogens is 1. The van der Waals surface area contributed by atoms with E-state index in [9.17, 15) is 14.7 Å². The van der Waals surface area contributed by atoms with Crippen molar-refractivity contribution in [3.8, 4) is 17.0 Å². The first-order chi connectivity index (χ1) is 16.5. The Morgan fingerprint density at radius 2 is 1.97 bits per heavy atom. The third kappa shape index (κ3) is 4.51. The zero-order valence-corrected chi connectivity index (χ0v) is 18.6. The summed E-state index contributed by atoms with van der Waals surface area (Å²) in [5, 5.41) is 24.6. The monoisotopic (exact) mass is 477 g/mol. The highest BCUT2D eigenvalue weighted by atomic mass is 35.5. The molecule has 0 atom stereocenters. The van der Waals surface area contributed by atoms with Crippen molar-refractivity contribution in [2.24, 2.45) is 0 Å². The van der Waals surface area contributed by atoms with Crippen LogP contribution < -0.4 is 10.6 Å². The fourth-order valence-corrected chi connectivity index (χ4v) is 3.79. The number of anilines is 1. The van der Waals surface area contributed by atoms with Crippen molar-refractivity contribution in [1.82, 2.24) is 20.3 Å². The molecule has 0 bridgehead atoms. The molecule has 2 aromatic carbocycles. The Balaban J connectivity index is 1.40. The average molecular weight is 478 g/mol. The molecule has 9 nitrogen and oxygen atoms in total. The fourth-order valence-electron chi connectivity index (χ4n) is 3.59. The van der Waals surface area contributed by atoms with E-state index in [1.165, 1.54) is 23.0 Å². The van der Waals surface area contributed by atoms with Crippen LogP contribution in [0.4, 0.5) is 10.5 Å². The van der Waals surface area contributed by atoms with Gasteiger partial charge in [-0.3, -0.25) is 4.79 Å². The first-order valence-corrected chi connectivity index (χ1v) is 11.0. The predicted octanol–water partition coefficient (Wildman–Crippen LogP) is 4.78. The molecule has 5 rings (SSSR count). The Kier molecular flexibility index (Phi) is 5.77. The second kappa shape index (κ2) is 9.03. The van der Waals surface area contributed by atoms with Crippen LogP contribution in [0.2, 0.25) is 5.02 Å². The number of carbonyl (C=O) groups is 2. The van der Waals surface area contributed by atoms with Crippen molar-refractivity contribution < 1.29 is 19.2 Å². The number of aromatic hydroxyl groups is 1. The van der Waals surface area contributed by atoms with E-state index < -0.39 is 5.91 Å². The van der Waals surface area contributed by atoms with E-state index in [0.717, 1.165) is 24.1 Å². The van der Waals surface area contributed by atoms with Crippen LogP contribution in [0.5, 0.6) is 5.75 Å². The number of carbonyl (C=O) groups excluding carboxylic acids is 2. The second-order valence-corrected chi connectivity index (χ2v) is 8.36. The van der Waals surface area contributed by atoms with Gasteiger partial charge in [-0.05, 0) is 48.7 Å². The van der Waals surface area contributed by atoms with Crippen molar-refractivity contribution in [3.63, 3.8) is 0 Å². The number of rotatable bonds is 6. The molecule has 0 aliphatic heterocycles. The van der Waals surface area contributed by atoms with Gasteiger partial charge >= 0.3 is 6.03 Å². The lowest BCUT2D eigenvalue weighted by Crippen LogP contribution is -2.30. The van der Waals surface area contributed by atoms with Crippen LogP contribution in [-0.4, -0.2) is 32.0 Å². The van der Waals surface area contributed by atoms with Gasteiger partial charge in [-0.15, -0.1) is 0 Å². The molecule has 0 spiro atoms. The summed E-state index contributed by atoms with van der Waals surface area (Å²) in [6.45, 7) is 0.256. The normalized spacial score (nSPS) is 13.0. The van der Waals surface area contributed by atoms with Crippen molar-refractivity contribution in [1.29, 1.82) is 0 Å².